The molecule has 0 unspecified atom stereocenters. The molecule has 0 spiro atoms. The summed E-state index contributed by atoms with van der Waals surface area (Å²) in [6.45, 7) is 0. The number of anilines is 1. The van der Waals surface area contributed by atoms with Crippen molar-refractivity contribution in [2.45, 2.75) is 50.2 Å². The van der Waals surface area contributed by atoms with Crippen LogP contribution in [0.15, 0.2) is 48.5 Å². The number of hydrogen-bond donors (Lipinski definition) is 2. The van der Waals surface area contributed by atoms with E-state index in [4.69, 9.17) is 0 Å². The first-order valence-electron chi connectivity index (χ1n) is 11.0. The molecule has 0 bridgehead atoms. The molecule has 184 valence electrons. The number of nitrogens with zero attached hydrogens (tertiary/aromatic N) is 1. The molecular formula is C24H20F5N3O3. The summed E-state index contributed by atoms with van der Waals surface area (Å²) >= 11 is 0. The van der Waals surface area contributed by atoms with Gasteiger partial charge in [-0.1, -0.05) is 18.2 Å². The fourth-order valence-electron chi connectivity index (χ4n) is 4.40. The minimum absolute atomic E-state index is 0.0807. The molecule has 3 aromatic rings. The zero-order valence-corrected chi connectivity index (χ0v) is 18.2. The summed E-state index contributed by atoms with van der Waals surface area (Å²) < 4.78 is 75.1. The molecule has 6 nitrogen and oxygen atoms in total. The Bertz CT molecular complexity index is 1270. The van der Waals surface area contributed by atoms with Gasteiger partial charge in [0.25, 0.3) is 5.91 Å². The molecular weight excluding hydrogens is 473 g/mol. The van der Waals surface area contributed by atoms with E-state index in [1.54, 1.807) is 24.3 Å². The van der Waals surface area contributed by atoms with Crippen molar-refractivity contribution in [1.82, 2.24) is 10.3 Å². The number of pyridine rings is 1. The molecule has 11 heteroatoms. The average Bonchev–Trinajstić information content (AvgIpc) is 3.12. The lowest BCUT2D eigenvalue weighted by molar-refractivity contribution is -0.286. The van der Waals surface area contributed by atoms with Gasteiger partial charge in [0.15, 0.2) is 11.5 Å². The van der Waals surface area contributed by atoms with E-state index in [0.717, 1.165) is 6.07 Å². The van der Waals surface area contributed by atoms with E-state index in [-0.39, 0.29) is 34.7 Å². The lowest BCUT2D eigenvalue weighted by Gasteiger charge is -2.30. The standard InChI is InChI=1S/C24H20F5N3O3/c25-23(26,27)21-12-18(16-3-1-2-4-17(16)32-21)30-14-6-8-15(9-7-14)31-22(33)13-5-10-19-20(11-13)35-24(28,29)34-19/h1-5,10-12,14-15H,6-9H2,(H,30,32)(H,31,33)/t14-,15+. The number of carbonyl (C=O) groups is 1. The van der Waals surface area contributed by atoms with Crippen LogP contribution in [0.3, 0.4) is 0 Å². The number of halogens is 5. The maximum Gasteiger partial charge on any atom is 0.586 e. The molecule has 5 rings (SSSR count). The highest BCUT2D eigenvalue weighted by Gasteiger charge is 2.43. The SMILES string of the molecule is O=C(N[C@H]1CC[C@@H](Nc2cc(C(F)(F)F)nc3ccccc23)CC1)c1ccc2c(c1)OC(F)(F)O2. The number of hydrogen-bond acceptors (Lipinski definition) is 5. The summed E-state index contributed by atoms with van der Waals surface area (Å²) in [7, 11) is 0. The van der Waals surface area contributed by atoms with E-state index in [0.29, 0.717) is 36.8 Å². The van der Waals surface area contributed by atoms with E-state index in [2.05, 4.69) is 25.1 Å². The number of carbonyl (C=O) groups excluding carboxylic acids is 1. The summed E-state index contributed by atoms with van der Waals surface area (Å²) in [5, 5.41) is 6.71. The number of benzene rings is 2. The third-order valence-electron chi connectivity index (χ3n) is 6.09. The predicted octanol–water partition coefficient (Wildman–Crippen LogP) is 5.73. The molecule has 1 aromatic heterocycles. The summed E-state index contributed by atoms with van der Waals surface area (Å²) in [6.07, 6.45) is -5.88. The van der Waals surface area contributed by atoms with Gasteiger partial charge >= 0.3 is 12.5 Å². The van der Waals surface area contributed by atoms with Crippen molar-refractivity contribution >= 4 is 22.5 Å². The van der Waals surface area contributed by atoms with Crippen molar-refractivity contribution in [3.63, 3.8) is 0 Å². The van der Waals surface area contributed by atoms with Gasteiger partial charge in [-0.2, -0.15) is 13.2 Å². The van der Waals surface area contributed by atoms with Crippen LogP contribution in [-0.4, -0.2) is 29.3 Å². The topological polar surface area (TPSA) is 72.5 Å². The van der Waals surface area contributed by atoms with E-state index >= 15 is 0 Å². The zero-order chi connectivity index (χ0) is 24.8. The second-order valence-electron chi connectivity index (χ2n) is 8.57. The maximum absolute atomic E-state index is 13.3. The van der Waals surface area contributed by atoms with Gasteiger partial charge in [0.2, 0.25) is 0 Å². The van der Waals surface area contributed by atoms with Crippen molar-refractivity contribution in [3.8, 4) is 11.5 Å². The van der Waals surface area contributed by atoms with Crippen molar-refractivity contribution in [3.05, 3.63) is 59.8 Å². The Kier molecular flexibility index (Phi) is 5.65. The Hall–Kier alpha value is -3.63. The molecule has 1 fully saturated rings. The van der Waals surface area contributed by atoms with Gasteiger partial charge < -0.3 is 20.1 Å². The number of para-hydroxylation sites is 1. The molecule has 1 saturated carbocycles. The molecule has 0 radical (unpaired) electrons. The first-order chi connectivity index (χ1) is 16.6. The first-order valence-corrected chi connectivity index (χ1v) is 11.0. The van der Waals surface area contributed by atoms with Gasteiger partial charge in [0.05, 0.1) is 5.52 Å². The monoisotopic (exact) mass is 493 g/mol. The van der Waals surface area contributed by atoms with Gasteiger partial charge in [0, 0.05) is 28.7 Å². The number of alkyl halides is 5. The Balaban J connectivity index is 1.22. The zero-order valence-electron chi connectivity index (χ0n) is 18.2. The lowest BCUT2D eigenvalue weighted by Crippen LogP contribution is -2.40. The van der Waals surface area contributed by atoms with Gasteiger partial charge in [-0.3, -0.25) is 4.79 Å². The lowest BCUT2D eigenvalue weighted by atomic mass is 9.90. The predicted molar refractivity (Wildman–Crippen MR) is 117 cm³/mol. The van der Waals surface area contributed by atoms with E-state index in [9.17, 15) is 26.7 Å². The normalized spacial score (nSPS) is 21.1. The fourth-order valence-corrected chi connectivity index (χ4v) is 4.40. The molecule has 2 heterocycles. The Labute approximate surface area is 196 Å². The average molecular weight is 493 g/mol. The molecule has 1 aliphatic carbocycles. The highest BCUT2D eigenvalue weighted by atomic mass is 19.4. The van der Waals surface area contributed by atoms with Crippen LogP contribution in [0.2, 0.25) is 0 Å². The molecule has 1 aliphatic heterocycles. The van der Waals surface area contributed by atoms with E-state index in [1.165, 1.54) is 18.2 Å². The molecule has 35 heavy (non-hydrogen) atoms. The summed E-state index contributed by atoms with van der Waals surface area (Å²) in [4.78, 5) is 16.3. The van der Waals surface area contributed by atoms with Crippen LogP contribution in [0.25, 0.3) is 10.9 Å². The highest BCUT2D eigenvalue weighted by Crippen LogP contribution is 2.41. The second-order valence-corrected chi connectivity index (χ2v) is 8.57. The van der Waals surface area contributed by atoms with Crippen LogP contribution in [0.5, 0.6) is 11.5 Å². The minimum atomic E-state index is -4.56. The minimum Gasteiger partial charge on any atom is -0.395 e. The van der Waals surface area contributed by atoms with Crippen LogP contribution in [0.1, 0.15) is 41.7 Å². The van der Waals surface area contributed by atoms with E-state index < -0.39 is 24.1 Å². The summed E-state index contributed by atoms with van der Waals surface area (Å²) in [5.74, 6) is -0.785. The van der Waals surface area contributed by atoms with Gasteiger partial charge in [-0.15, -0.1) is 8.78 Å². The van der Waals surface area contributed by atoms with Crippen molar-refractivity contribution in [2.24, 2.45) is 0 Å². The van der Waals surface area contributed by atoms with Crippen LogP contribution >= 0.6 is 0 Å². The second kappa shape index (κ2) is 8.54. The van der Waals surface area contributed by atoms with E-state index in [1.807, 2.05) is 0 Å². The molecule has 0 saturated heterocycles. The van der Waals surface area contributed by atoms with Crippen molar-refractivity contribution in [2.75, 3.05) is 5.32 Å². The molecule has 0 atom stereocenters. The highest BCUT2D eigenvalue weighted by molar-refractivity contribution is 5.95. The first kappa shape index (κ1) is 23.1. The fraction of sp³-hybridized carbons (Fsp3) is 0.333. The molecule has 2 aromatic carbocycles. The largest absolute Gasteiger partial charge is 0.586 e. The third kappa shape index (κ3) is 4.94. The van der Waals surface area contributed by atoms with Gasteiger partial charge in [0.1, 0.15) is 5.69 Å². The number of nitrogens with one attached hydrogen (secondary N) is 2. The number of amides is 1. The van der Waals surface area contributed by atoms with Gasteiger partial charge in [-0.05, 0) is 56.0 Å². The van der Waals surface area contributed by atoms with Crippen LogP contribution < -0.4 is 20.1 Å². The molecule has 2 aliphatic rings. The smallest absolute Gasteiger partial charge is 0.395 e. The van der Waals surface area contributed by atoms with Gasteiger partial charge in [-0.25, -0.2) is 4.98 Å². The number of ether oxygens (including phenoxy) is 2. The Morgan fingerprint density at radius 1 is 0.943 bits per heavy atom. The summed E-state index contributed by atoms with van der Waals surface area (Å²) in [5.41, 5.74) is -0.172. The third-order valence-corrected chi connectivity index (χ3v) is 6.09. The number of aromatic nitrogens is 1. The Morgan fingerprint density at radius 2 is 1.63 bits per heavy atom. The Morgan fingerprint density at radius 3 is 2.37 bits per heavy atom. The molecule has 1 amide bonds. The number of rotatable bonds is 4. The molecule has 2 N–H and O–H groups in total. The van der Waals surface area contributed by atoms with Crippen LogP contribution in [0, 0.1) is 0 Å². The maximum atomic E-state index is 13.3. The quantitative estimate of drug-likeness (QED) is 0.455. The van der Waals surface area contributed by atoms with Crippen LogP contribution in [-0.2, 0) is 6.18 Å². The van der Waals surface area contributed by atoms with Crippen LogP contribution in [0.4, 0.5) is 27.6 Å². The number of fused-ring (bicyclic) bond motifs is 2. The van der Waals surface area contributed by atoms with Crippen molar-refractivity contribution < 1.29 is 36.2 Å². The van der Waals surface area contributed by atoms with Crippen molar-refractivity contribution in [1.29, 1.82) is 0 Å². The summed E-state index contributed by atoms with van der Waals surface area (Å²) in [6, 6.07) is 11.3.